The van der Waals surface area contributed by atoms with Gasteiger partial charge in [-0.05, 0) is 25.0 Å². The zero-order chi connectivity index (χ0) is 14.8. The van der Waals surface area contributed by atoms with Crippen LogP contribution in [0.3, 0.4) is 0 Å². The lowest BCUT2D eigenvalue weighted by Gasteiger charge is -2.21. The third-order valence-electron chi connectivity index (χ3n) is 3.54. The number of nitrogens with two attached hydrogens (primary N) is 1. The van der Waals surface area contributed by atoms with Crippen molar-refractivity contribution in [3.05, 3.63) is 29.8 Å². The van der Waals surface area contributed by atoms with Crippen LogP contribution >= 0.6 is 0 Å². The number of halogens is 1. The number of benzene rings is 1. The lowest BCUT2D eigenvalue weighted by molar-refractivity contribution is 0.350. The van der Waals surface area contributed by atoms with Gasteiger partial charge in [0, 0.05) is 6.07 Å². The second kappa shape index (κ2) is 5.58. The van der Waals surface area contributed by atoms with Crippen LogP contribution in [-0.4, -0.2) is 17.3 Å². The predicted octanol–water partition coefficient (Wildman–Crippen LogP) is 2.86. The summed E-state index contributed by atoms with van der Waals surface area (Å²) in [4.78, 5) is 4.23. The highest BCUT2D eigenvalue weighted by molar-refractivity contribution is 5.55. The second-order valence-electron chi connectivity index (χ2n) is 4.63. The number of methoxy groups -OCH3 is 1. The van der Waals surface area contributed by atoms with Crippen molar-refractivity contribution in [1.82, 2.24) is 10.1 Å². The molecule has 0 spiro atoms. The van der Waals surface area contributed by atoms with Gasteiger partial charge in [-0.3, -0.25) is 0 Å². The van der Waals surface area contributed by atoms with Crippen molar-refractivity contribution < 1.29 is 13.7 Å². The van der Waals surface area contributed by atoms with E-state index < -0.39 is 11.4 Å². The van der Waals surface area contributed by atoms with Gasteiger partial charge < -0.3 is 15.0 Å². The van der Waals surface area contributed by atoms with Gasteiger partial charge in [-0.2, -0.15) is 4.98 Å². The van der Waals surface area contributed by atoms with Crippen LogP contribution in [0.15, 0.2) is 22.7 Å². The second-order valence-corrected chi connectivity index (χ2v) is 4.63. The van der Waals surface area contributed by atoms with Crippen LogP contribution in [0.5, 0.6) is 5.75 Å². The summed E-state index contributed by atoms with van der Waals surface area (Å²) in [5.74, 6) is 0.473. The van der Waals surface area contributed by atoms with Gasteiger partial charge >= 0.3 is 0 Å². The van der Waals surface area contributed by atoms with Crippen LogP contribution < -0.4 is 10.5 Å². The first-order valence-corrected chi connectivity index (χ1v) is 6.51. The SMILES string of the molecule is CCC(N)(CC)c1noc(-c2ccc(OC)cc2F)n1. The molecule has 2 aromatic rings. The Kier molecular flexibility index (Phi) is 4.04. The van der Waals surface area contributed by atoms with Gasteiger partial charge in [0.2, 0.25) is 0 Å². The molecule has 0 aliphatic carbocycles. The molecule has 0 unspecified atom stereocenters. The first-order chi connectivity index (χ1) is 9.54. The Balaban J connectivity index is 2.38. The van der Waals surface area contributed by atoms with Crippen LogP contribution in [-0.2, 0) is 5.54 Å². The molecule has 2 rings (SSSR count). The lowest BCUT2D eigenvalue weighted by atomic mass is 9.93. The fourth-order valence-electron chi connectivity index (χ4n) is 1.90. The van der Waals surface area contributed by atoms with E-state index in [1.54, 1.807) is 12.1 Å². The van der Waals surface area contributed by atoms with Crippen molar-refractivity contribution in [1.29, 1.82) is 0 Å². The van der Waals surface area contributed by atoms with Gasteiger partial charge in [-0.15, -0.1) is 0 Å². The smallest absolute Gasteiger partial charge is 0.260 e. The van der Waals surface area contributed by atoms with Crippen molar-refractivity contribution in [3.63, 3.8) is 0 Å². The molecule has 20 heavy (non-hydrogen) atoms. The molecule has 6 heteroatoms. The average molecular weight is 279 g/mol. The maximum absolute atomic E-state index is 14.0. The van der Waals surface area contributed by atoms with E-state index in [2.05, 4.69) is 10.1 Å². The molecule has 1 heterocycles. The molecule has 2 N–H and O–H groups in total. The van der Waals surface area contributed by atoms with Gasteiger partial charge in [-0.1, -0.05) is 19.0 Å². The fraction of sp³-hybridized carbons (Fsp3) is 0.429. The maximum Gasteiger partial charge on any atom is 0.260 e. The Hall–Kier alpha value is -1.95. The summed E-state index contributed by atoms with van der Waals surface area (Å²) in [6.07, 6.45) is 1.35. The fourth-order valence-corrected chi connectivity index (χ4v) is 1.90. The highest BCUT2D eigenvalue weighted by Gasteiger charge is 2.29. The highest BCUT2D eigenvalue weighted by atomic mass is 19.1. The topological polar surface area (TPSA) is 74.2 Å². The molecule has 108 valence electrons. The van der Waals surface area contributed by atoms with E-state index in [-0.39, 0.29) is 11.5 Å². The molecule has 1 aromatic heterocycles. The molecule has 0 atom stereocenters. The van der Waals surface area contributed by atoms with Gasteiger partial charge in [0.05, 0.1) is 18.2 Å². The van der Waals surface area contributed by atoms with E-state index in [9.17, 15) is 4.39 Å². The zero-order valence-electron chi connectivity index (χ0n) is 11.8. The van der Waals surface area contributed by atoms with E-state index in [1.807, 2.05) is 13.8 Å². The molecular weight excluding hydrogens is 261 g/mol. The molecule has 0 amide bonds. The molecule has 5 nitrogen and oxygen atoms in total. The minimum absolute atomic E-state index is 0.122. The Morgan fingerprint density at radius 3 is 2.60 bits per heavy atom. The largest absolute Gasteiger partial charge is 0.497 e. The molecule has 0 aliphatic heterocycles. The number of nitrogens with zero attached hydrogens (tertiary/aromatic N) is 2. The van der Waals surface area contributed by atoms with Crippen LogP contribution in [0.25, 0.3) is 11.5 Å². The summed E-state index contributed by atoms with van der Waals surface area (Å²) >= 11 is 0. The molecular formula is C14H18FN3O2. The summed E-state index contributed by atoms with van der Waals surface area (Å²) in [6, 6.07) is 4.45. The average Bonchev–Trinajstić information content (AvgIpc) is 2.96. The van der Waals surface area contributed by atoms with E-state index in [0.29, 0.717) is 24.4 Å². The normalized spacial score (nSPS) is 11.7. The van der Waals surface area contributed by atoms with E-state index >= 15 is 0 Å². The van der Waals surface area contributed by atoms with Gasteiger partial charge in [0.15, 0.2) is 5.82 Å². The number of rotatable bonds is 5. The van der Waals surface area contributed by atoms with Crippen molar-refractivity contribution in [2.24, 2.45) is 5.73 Å². The predicted molar refractivity (Wildman–Crippen MR) is 72.7 cm³/mol. The van der Waals surface area contributed by atoms with E-state index in [4.69, 9.17) is 15.0 Å². The summed E-state index contributed by atoms with van der Waals surface area (Å²) in [5.41, 5.74) is 5.78. The minimum Gasteiger partial charge on any atom is -0.497 e. The minimum atomic E-state index is -0.648. The Bertz CT molecular complexity index is 594. The standard InChI is InChI=1S/C14H18FN3O2/c1-4-14(16,5-2)13-17-12(20-18-13)10-7-6-9(19-3)8-11(10)15/h6-8H,4-5,16H2,1-3H3. The van der Waals surface area contributed by atoms with Gasteiger partial charge in [0.25, 0.3) is 5.89 Å². The highest BCUT2D eigenvalue weighted by Crippen LogP contribution is 2.28. The molecule has 0 radical (unpaired) electrons. The summed E-state index contributed by atoms with van der Waals surface area (Å²) < 4.78 is 24.0. The molecule has 0 bridgehead atoms. The number of ether oxygens (including phenoxy) is 1. The van der Waals surface area contributed by atoms with Crippen LogP contribution in [0.2, 0.25) is 0 Å². The quantitative estimate of drug-likeness (QED) is 0.911. The first kappa shape index (κ1) is 14.5. The van der Waals surface area contributed by atoms with Crippen molar-refractivity contribution in [2.45, 2.75) is 32.2 Å². The third kappa shape index (κ3) is 2.51. The summed E-state index contributed by atoms with van der Waals surface area (Å²) in [7, 11) is 1.48. The maximum atomic E-state index is 14.0. The van der Waals surface area contributed by atoms with E-state index in [0.717, 1.165) is 0 Å². The Labute approximate surface area is 116 Å². The van der Waals surface area contributed by atoms with Gasteiger partial charge in [-0.25, -0.2) is 4.39 Å². The molecule has 0 fully saturated rings. The number of aromatic nitrogens is 2. The zero-order valence-corrected chi connectivity index (χ0v) is 11.8. The lowest BCUT2D eigenvalue weighted by Crippen LogP contribution is -2.36. The third-order valence-corrected chi connectivity index (χ3v) is 3.54. The number of hydrogen-bond donors (Lipinski definition) is 1. The van der Waals surface area contributed by atoms with Crippen molar-refractivity contribution >= 4 is 0 Å². The van der Waals surface area contributed by atoms with Crippen molar-refractivity contribution in [2.75, 3.05) is 7.11 Å². The van der Waals surface area contributed by atoms with Gasteiger partial charge in [0.1, 0.15) is 11.6 Å². The molecule has 1 aromatic carbocycles. The molecule has 0 saturated carbocycles. The van der Waals surface area contributed by atoms with E-state index in [1.165, 1.54) is 13.2 Å². The van der Waals surface area contributed by atoms with Crippen LogP contribution in [0.1, 0.15) is 32.5 Å². The number of hydrogen-bond acceptors (Lipinski definition) is 5. The molecule has 0 aliphatic rings. The van der Waals surface area contributed by atoms with Crippen molar-refractivity contribution in [3.8, 4) is 17.2 Å². The molecule has 0 saturated heterocycles. The summed E-state index contributed by atoms with van der Waals surface area (Å²) in [6.45, 7) is 3.90. The summed E-state index contributed by atoms with van der Waals surface area (Å²) in [5, 5.41) is 3.88. The van der Waals surface area contributed by atoms with Crippen LogP contribution in [0.4, 0.5) is 4.39 Å². The van der Waals surface area contributed by atoms with Crippen LogP contribution in [0, 0.1) is 5.82 Å². The Morgan fingerprint density at radius 1 is 1.35 bits per heavy atom. The first-order valence-electron chi connectivity index (χ1n) is 6.51. The Morgan fingerprint density at radius 2 is 2.05 bits per heavy atom. The monoisotopic (exact) mass is 279 g/mol.